The minimum atomic E-state index is -2.42. The molecule has 1 amide bonds. The summed E-state index contributed by atoms with van der Waals surface area (Å²) in [4.78, 5) is 10.8. The number of carbonyl (C=O) groups excluding carboxylic acids is 1. The van der Waals surface area contributed by atoms with Gasteiger partial charge in [0.05, 0.1) is 6.61 Å². The maximum Gasteiger partial charge on any atom is 0.220 e. The molecule has 0 saturated carbocycles. The molecule has 0 radical (unpaired) electrons. The number of nitrogens with one attached hydrogen (secondary N) is 1. The Morgan fingerprint density at radius 1 is 1.38 bits per heavy atom. The lowest BCUT2D eigenvalue weighted by Gasteiger charge is -2.44. The molecular formula is C8H15NO7. The summed E-state index contributed by atoms with van der Waals surface area (Å²) in [5, 5.41) is 48.7. The maximum absolute atomic E-state index is 10.8. The first-order valence-corrected chi connectivity index (χ1v) is 4.64. The van der Waals surface area contributed by atoms with E-state index in [4.69, 9.17) is 9.84 Å². The van der Waals surface area contributed by atoms with Crippen LogP contribution in [0.15, 0.2) is 0 Å². The molecule has 0 spiro atoms. The van der Waals surface area contributed by atoms with Gasteiger partial charge >= 0.3 is 0 Å². The molecule has 0 aromatic rings. The Balaban J connectivity index is 2.85. The zero-order valence-electron chi connectivity index (χ0n) is 8.57. The van der Waals surface area contributed by atoms with Gasteiger partial charge in [-0.3, -0.25) is 4.79 Å². The maximum atomic E-state index is 10.8. The number of amides is 1. The third kappa shape index (κ3) is 2.32. The Morgan fingerprint density at radius 3 is 2.38 bits per heavy atom. The lowest BCUT2D eigenvalue weighted by molar-refractivity contribution is -0.357. The van der Waals surface area contributed by atoms with E-state index in [1.807, 2.05) is 0 Å². The van der Waals surface area contributed by atoms with Crippen LogP contribution in [0.4, 0.5) is 0 Å². The molecule has 0 aromatic carbocycles. The first kappa shape index (κ1) is 13.3. The van der Waals surface area contributed by atoms with Crippen LogP contribution in [0.2, 0.25) is 0 Å². The summed E-state index contributed by atoms with van der Waals surface area (Å²) in [5.41, 5.74) is 0. The second-order valence-electron chi connectivity index (χ2n) is 3.67. The Labute approximate surface area is 91.1 Å². The predicted molar refractivity (Wildman–Crippen MR) is 48.7 cm³/mol. The van der Waals surface area contributed by atoms with Crippen LogP contribution in [-0.2, 0) is 9.53 Å². The van der Waals surface area contributed by atoms with Gasteiger partial charge in [-0.1, -0.05) is 0 Å². The normalized spacial score (nSPS) is 44.1. The highest BCUT2D eigenvalue weighted by atomic mass is 16.7. The molecule has 1 heterocycles. The summed E-state index contributed by atoms with van der Waals surface area (Å²) in [6, 6.07) is 0. The van der Waals surface area contributed by atoms with E-state index in [0.717, 1.165) is 6.92 Å². The molecule has 0 bridgehead atoms. The average Bonchev–Trinajstić information content (AvgIpc) is 2.22. The molecule has 16 heavy (non-hydrogen) atoms. The number of hydrogen-bond donors (Lipinski definition) is 6. The van der Waals surface area contributed by atoms with Gasteiger partial charge in [0, 0.05) is 6.92 Å². The van der Waals surface area contributed by atoms with Gasteiger partial charge in [-0.15, -0.1) is 0 Å². The third-order valence-corrected chi connectivity index (χ3v) is 2.35. The molecule has 1 saturated heterocycles. The highest BCUT2D eigenvalue weighted by molar-refractivity contribution is 5.73. The van der Waals surface area contributed by atoms with Gasteiger partial charge in [-0.2, -0.15) is 0 Å². The topological polar surface area (TPSA) is 139 Å². The van der Waals surface area contributed by atoms with Gasteiger partial charge in [0.1, 0.15) is 18.3 Å². The molecule has 0 aliphatic carbocycles. The Morgan fingerprint density at radius 2 is 1.94 bits per heavy atom. The molecule has 1 unspecified atom stereocenters. The first-order chi connectivity index (χ1) is 7.31. The molecule has 1 aliphatic heterocycles. The number of rotatable bonds is 2. The summed E-state index contributed by atoms with van der Waals surface area (Å²) in [6.07, 6.45) is -6.64. The Bertz CT molecular complexity index is 273. The average molecular weight is 237 g/mol. The zero-order chi connectivity index (χ0) is 12.5. The highest BCUT2D eigenvalue weighted by Gasteiger charge is 2.52. The standard InChI is InChI=1S/C8H15NO7/c1-3(11)9-7-5(13)4(12)6(14)8(15,2-10)16-7/h4-7,10,12-15H,2H2,1H3,(H,9,11)/t4-,5+,6+,7?,8+/m1/s1. The Hall–Kier alpha value is -0.770. The van der Waals surface area contributed by atoms with Crippen LogP contribution < -0.4 is 5.32 Å². The molecule has 1 fully saturated rings. The summed E-state index contributed by atoms with van der Waals surface area (Å²) in [6.45, 7) is 0.152. The van der Waals surface area contributed by atoms with Gasteiger partial charge in [0.15, 0.2) is 6.23 Å². The van der Waals surface area contributed by atoms with Crippen molar-refractivity contribution >= 4 is 5.91 Å². The van der Waals surface area contributed by atoms with Crippen molar-refractivity contribution in [1.29, 1.82) is 0 Å². The molecule has 8 nitrogen and oxygen atoms in total. The zero-order valence-corrected chi connectivity index (χ0v) is 8.57. The Kier molecular flexibility index (Phi) is 3.84. The van der Waals surface area contributed by atoms with E-state index in [9.17, 15) is 25.2 Å². The molecule has 1 aliphatic rings. The number of carbonyl (C=O) groups is 1. The fourth-order valence-electron chi connectivity index (χ4n) is 1.44. The van der Waals surface area contributed by atoms with Gasteiger partial charge in [-0.05, 0) is 0 Å². The largest absolute Gasteiger partial charge is 0.391 e. The highest BCUT2D eigenvalue weighted by Crippen LogP contribution is 2.26. The fourth-order valence-corrected chi connectivity index (χ4v) is 1.44. The molecule has 94 valence electrons. The number of hydrogen-bond acceptors (Lipinski definition) is 7. The van der Waals surface area contributed by atoms with Crippen molar-refractivity contribution in [2.45, 2.75) is 37.3 Å². The van der Waals surface area contributed by atoms with Crippen molar-refractivity contribution in [3.8, 4) is 0 Å². The van der Waals surface area contributed by atoms with Crippen molar-refractivity contribution < 1.29 is 35.1 Å². The summed E-state index contributed by atoms with van der Waals surface area (Å²) in [5.74, 6) is -2.99. The van der Waals surface area contributed by atoms with Crippen molar-refractivity contribution in [2.75, 3.05) is 6.61 Å². The van der Waals surface area contributed by atoms with Crippen LogP contribution in [0, 0.1) is 0 Å². The van der Waals surface area contributed by atoms with E-state index in [2.05, 4.69) is 5.32 Å². The summed E-state index contributed by atoms with van der Waals surface area (Å²) in [7, 11) is 0. The predicted octanol–water partition coefficient (Wildman–Crippen LogP) is -3.76. The quantitative estimate of drug-likeness (QED) is 0.290. The van der Waals surface area contributed by atoms with E-state index in [0.29, 0.717) is 0 Å². The molecule has 1 rings (SSSR count). The SMILES string of the molecule is CC(=O)NC1O[C@@](O)(CO)[C@@H](O)[C@H](O)[C@@H]1O. The molecule has 8 heteroatoms. The fraction of sp³-hybridized carbons (Fsp3) is 0.875. The van der Waals surface area contributed by atoms with Gasteiger partial charge < -0.3 is 35.6 Å². The van der Waals surface area contributed by atoms with Crippen LogP contribution >= 0.6 is 0 Å². The summed E-state index contributed by atoms with van der Waals surface area (Å²) >= 11 is 0. The van der Waals surface area contributed by atoms with E-state index in [1.165, 1.54) is 0 Å². The van der Waals surface area contributed by atoms with Crippen LogP contribution in [0.5, 0.6) is 0 Å². The van der Waals surface area contributed by atoms with Crippen molar-refractivity contribution in [3.63, 3.8) is 0 Å². The second kappa shape index (κ2) is 4.62. The third-order valence-electron chi connectivity index (χ3n) is 2.35. The molecular weight excluding hydrogens is 222 g/mol. The van der Waals surface area contributed by atoms with E-state index in [-0.39, 0.29) is 0 Å². The summed E-state index contributed by atoms with van der Waals surface area (Å²) < 4.78 is 4.74. The van der Waals surface area contributed by atoms with E-state index < -0.39 is 42.8 Å². The second-order valence-corrected chi connectivity index (χ2v) is 3.67. The monoisotopic (exact) mass is 237 g/mol. The van der Waals surface area contributed by atoms with Gasteiger partial charge in [0.25, 0.3) is 0 Å². The van der Waals surface area contributed by atoms with E-state index >= 15 is 0 Å². The number of ether oxygens (including phenoxy) is 1. The molecule has 6 N–H and O–H groups in total. The van der Waals surface area contributed by atoms with Crippen LogP contribution in [0.3, 0.4) is 0 Å². The van der Waals surface area contributed by atoms with Crippen LogP contribution in [-0.4, -0.2) is 68.4 Å². The lowest BCUT2D eigenvalue weighted by Crippen LogP contribution is -2.69. The molecule has 0 aromatic heterocycles. The first-order valence-electron chi connectivity index (χ1n) is 4.64. The van der Waals surface area contributed by atoms with Crippen molar-refractivity contribution in [3.05, 3.63) is 0 Å². The van der Waals surface area contributed by atoms with Crippen LogP contribution in [0.25, 0.3) is 0 Å². The minimum Gasteiger partial charge on any atom is -0.391 e. The van der Waals surface area contributed by atoms with Crippen LogP contribution in [0.1, 0.15) is 6.92 Å². The van der Waals surface area contributed by atoms with Gasteiger partial charge in [0.2, 0.25) is 11.7 Å². The number of aliphatic hydroxyl groups excluding tert-OH is 4. The van der Waals surface area contributed by atoms with Crippen molar-refractivity contribution in [2.24, 2.45) is 0 Å². The molecule has 5 atom stereocenters. The lowest BCUT2D eigenvalue weighted by atomic mass is 9.95. The minimum absolute atomic E-state index is 0.562. The van der Waals surface area contributed by atoms with Gasteiger partial charge in [-0.25, -0.2) is 0 Å². The smallest absolute Gasteiger partial charge is 0.220 e. The van der Waals surface area contributed by atoms with Crippen molar-refractivity contribution in [1.82, 2.24) is 5.32 Å². The number of aliphatic hydroxyl groups is 5. The van der Waals surface area contributed by atoms with E-state index in [1.54, 1.807) is 0 Å².